The number of ether oxygens (including phenoxy) is 1. The molecule has 0 aliphatic rings. The van der Waals surface area contributed by atoms with Gasteiger partial charge in [-0.25, -0.2) is 13.1 Å². The summed E-state index contributed by atoms with van der Waals surface area (Å²) >= 11 is 0. The molecule has 0 saturated heterocycles. The Bertz CT molecular complexity index is 889. The number of carbonyl (C=O) groups is 1. The zero-order chi connectivity index (χ0) is 17.9. The van der Waals surface area contributed by atoms with Crippen molar-refractivity contribution in [2.75, 3.05) is 19.5 Å². The molecule has 24 heavy (non-hydrogen) atoms. The second kappa shape index (κ2) is 6.68. The van der Waals surface area contributed by atoms with Gasteiger partial charge in [0.25, 0.3) is 21.6 Å². The Balaban J connectivity index is 2.26. The first-order chi connectivity index (χ1) is 11.3. The summed E-state index contributed by atoms with van der Waals surface area (Å²) in [5.74, 6) is -0.906. The quantitative estimate of drug-likeness (QED) is 0.588. The number of carbonyl (C=O) groups excluding carboxylic acids is 1. The zero-order valence-corrected chi connectivity index (χ0v) is 13.4. The SMILES string of the molecule is CNS(=O)(=O)c1ccc(C(=O)Nc2ccc([N+](=O)[O-])cc2OC)o1. The summed E-state index contributed by atoms with van der Waals surface area (Å²) < 4.78 is 35.2. The number of amides is 1. The van der Waals surface area contributed by atoms with Crippen molar-refractivity contribution < 1.29 is 27.3 Å². The topological polar surface area (TPSA) is 141 Å². The number of nitrogens with zero attached hydrogens (tertiary/aromatic N) is 1. The molecule has 0 saturated carbocycles. The lowest BCUT2D eigenvalue weighted by Crippen LogP contribution is -2.18. The number of rotatable bonds is 6. The number of nitro benzene ring substituents is 1. The van der Waals surface area contributed by atoms with Crippen LogP contribution in [0.2, 0.25) is 0 Å². The number of nitro groups is 1. The van der Waals surface area contributed by atoms with Gasteiger partial charge in [-0.2, -0.15) is 0 Å². The summed E-state index contributed by atoms with van der Waals surface area (Å²) in [5.41, 5.74) is -0.0345. The maximum Gasteiger partial charge on any atom is 0.291 e. The molecule has 1 amide bonds. The molecule has 128 valence electrons. The van der Waals surface area contributed by atoms with Crippen LogP contribution in [0.5, 0.6) is 5.75 Å². The van der Waals surface area contributed by atoms with E-state index >= 15 is 0 Å². The van der Waals surface area contributed by atoms with E-state index in [1.807, 2.05) is 0 Å². The van der Waals surface area contributed by atoms with Crippen LogP contribution < -0.4 is 14.8 Å². The molecule has 1 aromatic heterocycles. The number of furan rings is 1. The Morgan fingerprint density at radius 1 is 1.29 bits per heavy atom. The van der Waals surface area contributed by atoms with Gasteiger partial charge in [-0.05, 0) is 25.2 Å². The fourth-order valence-electron chi connectivity index (χ4n) is 1.77. The minimum Gasteiger partial charge on any atom is -0.494 e. The van der Waals surface area contributed by atoms with Gasteiger partial charge >= 0.3 is 0 Å². The predicted octanol–water partition coefficient (Wildman–Crippen LogP) is 1.36. The van der Waals surface area contributed by atoms with Crippen LogP contribution in [0.25, 0.3) is 0 Å². The molecule has 0 fully saturated rings. The average Bonchev–Trinajstić information content (AvgIpc) is 3.06. The van der Waals surface area contributed by atoms with Crippen molar-refractivity contribution in [2.24, 2.45) is 0 Å². The van der Waals surface area contributed by atoms with E-state index in [0.717, 1.165) is 12.1 Å². The number of non-ortho nitro benzene ring substituents is 1. The van der Waals surface area contributed by atoms with E-state index in [4.69, 9.17) is 9.15 Å². The van der Waals surface area contributed by atoms with Crippen LogP contribution >= 0.6 is 0 Å². The third-order valence-electron chi connectivity index (χ3n) is 2.98. The van der Waals surface area contributed by atoms with Gasteiger partial charge in [0, 0.05) is 6.07 Å². The third-order valence-corrected chi connectivity index (χ3v) is 4.27. The van der Waals surface area contributed by atoms with Crippen LogP contribution in [0.1, 0.15) is 10.6 Å². The highest BCUT2D eigenvalue weighted by molar-refractivity contribution is 7.89. The van der Waals surface area contributed by atoms with Crippen molar-refractivity contribution in [3.63, 3.8) is 0 Å². The van der Waals surface area contributed by atoms with E-state index in [-0.39, 0.29) is 22.9 Å². The molecule has 2 N–H and O–H groups in total. The van der Waals surface area contributed by atoms with E-state index in [9.17, 15) is 23.3 Å². The van der Waals surface area contributed by atoms with Gasteiger partial charge in [0.1, 0.15) is 5.75 Å². The fraction of sp³-hybridized carbons (Fsp3) is 0.154. The molecule has 1 heterocycles. The number of anilines is 1. The van der Waals surface area contributed by atoms with E-state index < -0.39 is 25.9 Å². The predicted molar refractivity (Wildman–Crippen MR) is 82.6 cm³/mol. The molecule has 0 unspecified atom stereocenters. The Morgan fingerprint density at radius 3 is 2.58 bits per heavy atom. The molecule has 0 radical (unpaired) electrons. The summed E-state index contributed by atoms with van der Waals surface area (Å²) in [6, 6.07) is 5.96. The smallest absolute Gasteiger partial charge is 0.291 e. The normalized spacial score (nSPS) is 11.1. The largest absolute Gasteiger partial charge is 0.494 e. The fourth-order valence-corrected chi connectivity index (χ4v) is 2.42. The number of sulfonamides is 1. The summed E-state index contributed by atoms with van der Waals surface area (Å²) in [7, 11) is -1.31. The molecule has 10 nitrogen and oxygen atoms in total. The van der Waals surface area contributed by atoms with Crippen LogP contribution in [-0.4, -0.2) is 33.4 Å². The molecule has 0 aliphatic heterocycles. The van der Waals surface area contributed by atoms with Gasteiger partial charge in [0.15, 0.2) is 5.76 Å². The van der Waals surface area contributed by atoms with Crippen molar-refractivity contribution in [1.29, 1.82) is 0 Å². The van der Waals surface area contributed by atoms with Crippen molar-refractivity contribution in [3.05, 3.63) is 46.2 Å². The maximum atomic E-state index is 12.1. The summed E-state index contributed by atoms with van der Waals surface area (Å²) in [6.07, 6.45) is 0. The minimum atomic E-state index is -3.81. The Labute approximate surface area is 136 Å². The second-order valence-corrected chi connectivity index (χ2v) is 6.24. The third kappa shape index (κ3) is 3.52. The number of methoxy groups -OCH3 is 1. The van der Waals surface area contributed by atoms with Gasteiger partial charge in [-0.1, -0.05) is 0 Å². The molecule has 2 aromatic rings. The molecule has 0 atom stereocenters. The number of benzene rings is 1. The Hall–Kier alpha value is -2.92. The van der Waals surface area contributed by atoms with Gasteiger partial charge in [0.2, 0.25) is 5.09 Å². The van der Waals surface area contributed by atoms with Crippen molar-refractivity contribution >= 4 is 27.3 Å². The number of nitrogens with one attached hydrogen (secondary N) is 2. The summed E-state index contributed by atoms with van der Waals surface area (Å²) in [5, 5.41) is 12.8. The summed E-state index contributed by atoms with van der Waals surface area (Å²) in [4.78, 5) is 22.3. The first kappa shape index (κ1) is 17.4. The summed E-state index contributed by atoms with van der Waals surface area (Å²) in [6.45, 7) is 0. The van der Waals surface area contributed by atoms with Crippen LogP contribution in [0, 0.1) is 10.1 Å². The van der Waals surface area contributed by atoms with Crippen LogP contribution in [0.15, 0.2) is 39.8 Å². The van der Waals surface area contributed by atoms with Crippen molar-refractivity contribution in [3.8, 4) is 5.75 Å². The van der Waals surface area contributed by atoms with Gasteiger partial charge in [-0.3, -0.25) is 14.9 Å². The first-order valence-electron chi connectivity index (χ1n) is 6.45. The Kier molecular flexibility index (Phi) is 4.85. The second-order valence-electron chi connectivity index (χ2n) is 4.42. The van der Waals surface area contributed by atoms with Gasteiger partial charge in [0.05, 0.1) is 23.8 Å². The molecule has 1 aromatic carbocycles. The zero-order valence-electron chi connectivity index (χ0n) is 12.6. The van der Waals surface area contributed by atoms with E-state index in [1.54, 1.807) is 0 Å². The lowest BCUT2D eigenvalue weighted by molar-refractivity contribution is -0.384. The molecule has 0 bridgehead atoms. The van der Waals surface area contributed by atoms with Crippen LogP contribution in [0.4, 0.5) is 11.4 Å². The highest BCUT2D eigenvalue weighted by atomic mass is 32.2. The molecule has 2 rings (SSSR count). The Morgan fingerprint density at radius 2 is 2.00 bits per heavy atom. The van der Waals surface area contributed by atoms with Crippen molar-refractivity contribution in [2.45, 2.75) is 5.09 Å². The number of hydrogen-bond acceptors (Lipinski definition) is 7. The van der Waals surface area contributed by atoms with Gasteiger partial charge < -0.3 is 14.5 Å². The number of hydrogen-bond donors (Lipinski definition) is 2. The maximum absolute atomic E-state index is 12.1. The van der Waals surface area contributed by atoms with Crippen molar-refractivity contribution in [1.82, 2.24) is 4.72 Å². The lowest BCUT2D eigenvalue weighted by Gasteiger charge is -2.08. The molecule has 0 spiro atoms. The monoisotopic (exact) mass is 355 g/mol. The minimum absolute atomic E-state index is 0.0761. The highest BCUT2D eigenvalue weighted by Gasteiger charge is 2.21. The average molecular weight is 355 g/mol. The van der Waals surface area contributed by atoms with E-state index in [0.29, 0.717) is 0 Å². The molecule has 0 aliphatic carbocycles. The van der Waals surface area contributed by atoms with Gasteiger partial charge in [-0.15, -0.1) is 0 Å². The van der Waals surface area contributed by atoms with Crippen LogP contribution in [-0.2, 0) is 10.0 Å². The van der Waals surface area contributed by atoms with E-state index in [1.165, 1.54) is 32.4 Å². The first-order valence-corrected chi connectivity index (χ1v) is 7.94. The van der Waals surface area contributed by atoms with Crippen LogP contribution in [0.3, 0.4) is 0 Å². The molecular weight excluding hydrogens is 342 g/mol. The lowest BCUT2D eigenvalue weighted by atomic mass is 10.2. The molecule has 11 heteroatoms. The molecular formula is C13H13N3O7S. The highest BCUT2D eigenvalue weighted by Crippen LogP contribution is 2.29. The van der Waals surface area contributed by atoms with E-state index in [2.05, 4.69) is 10.0 Å². The standard InChI is InChI=1S/C13H13N3O7S/c1-14-24(20,21)12-6-5-10(23-12)13(17)15-9-4-3-8(16(18)19)7-11(9)22-2/h3-7,14H,1-2H3,(H,15,17).